The summed E-state index contributed by atoms with van der Waals surface area (Å²) in [6.07, 6.45) is -3.69. The van der Waals surface area contributed by atoms with Crippen molar-refractivity contribution in [3.05, 3.63) is 70.8 Å². The summed E-state index contributed by atoms with van der Waals surface area (Å²) in [7, 11) is 2.33. The summed E-state index contributed by atoms with van der Waals surface area (Å²) in [6, 6.07) is 7.59. The quantitative estimate of drug-likeness (QED) is 0.323. The summed E-state index contributed by atoms with van der Waals surface area (Å²) in [6.45, 7) is 0. The zero-order valence-corrected chi connectivity index (χ0v) is 18.7. The summed E-state index contributed by atoms with van der Waals surface area (Å²) in [5.41, 5.74) is -0.415. The van der Waals surface area contributed by atoms with Crippen LogP contribution in [0.4, 0.5) is 23.2 Å². The molecule has 1 aromatic heterocycles. The molecule has 0 aliphatic carbocycles. The first-order valence-electron chi connectivity index (χ1n) is 9.47. The highest BCUT2D eigenvalue weighted by Crippen LogP contribution is 2.39. The zero-order chi connectivity index (χ0) is 25.8. The van der Waals surface area contributed by atoms with Gasteiger partial charge in [0.05, 0.1) is 19.2 Å². The van der Waals surface area contributed by atoms with E-state index < -0.39 is 40.4 Å². The molecule has 0 bridgehead atoms. The van der Waals surface area contributed by atoms with E-state index in [2.05, 4.69) is 19.8 Å². The number of benzene rings is 2. The minimum absolute atomic E-state index is 0.0991. The molecular weight excluding hydrogens is 500 g/mol. The van der Waals surface area contributed by atoms with Gasteiger partial charge < -0.3 is 24.3 Å². The van der Waals surface area contributed by atoms with Crippen LogP contribution in [0.25, 0.3) is 0 Å². The lowest BCUT2D eigenvalue weighted by molar-refractivity contribution is -0.274. The van der Waals surface area contributed by atoms with Gasteiger partial charge in [-0.05, 0) is 36.4 Å². The second kappa shape index (κ2) is 10.5. The third kappa shape index (κ3) is 6.29. The van der Waals surface area contributed by atoms with E-state index in [0.29, 0.717) is 0 Å². The summed E-state index contributed by atoms with van der Waals surface area (Å²) < 4.78 is 70.8. The Labute approximate surface area is 200 Å². The lowest BCUT2D eigenvalue weighted by atomic mass is 10.1. The molecule has 1 heterocycles. The van der Waals surface area contributed by atoms with Crippen molar-refractivity contribution >= 4 is 29.2 Å². The first kappa shape index (κ1) is 25.6. The van der Waals surface area contributed by atoms with E-state index in [-0.39, 0.29) is 28.6 Å². The normalized spacial score (nSPS) is 10.9. The fourth-order valence-electron chi connectivity index (χ4n) is 2.80. The topological polar surface area (TPSA) is 96.0 Å². The number of carbonyl (C=O) groups is 2. The largest absolute Gasteiger partial charge is 0.573 e. The number of pyridine rings is 1. The second-order valence-corrected chi connectivity index (χ2v) is 6.95. The van der Waals surface area contributed by atoms with Crippen LogP contribution in [-0.2, 0) is 4.74 Å². The van der Waals surface area contributed by atoms with Crippen LogP contribution < -0.4 is 19.5 Å². The van der Waals surface area contributed by atoms with Gasteiger partial charge >= 0.3 is 12.3 Å². The van der Waals surface area contributed by atoms with E-state index in [1.54, 1.807) is 0 Å². The van der Waals surface area contributed by atoms with Gasteiger partial charge in [0.25, 0.3) is 5.91 Å². The minimum atomic E-state index is -4.93. The molecular formula is C22H15ClF4N2O6. The number of amides is 1. The number of nitrogens with zero attached hydrogens (tertiary/aromatic N) is 1. The Morgan fingerprint density at radius 3 is 2.37 bits per heavy atom. The molecule has 3 aromatic rings. The van der Waals surface area contributed by atoms with Crippen LogP contribution in [0.2, 0.25) is 5.02 Å². The molecule has 0 spiro atoms. The van der Waals surface area contributed by atoms with Crippen LogP contribution in [0.1, 0.15) is 20.8 Å². The molecule has 0 aliphatic rings. The van der Waals surface area contributed by atoms with E-state index in [0.717, 1.165) is 37.4 Å². The molecule has 184 valence electrons. The van der Waals surface area contributed by atoms with Crippen LogP contribution in [-0.4, -0.2) is 37.4 Å². The summed E-state index contributed by atoms with van der Waals surface area (Å²) in [4.78, 5) is 28.4. The molecule has 0 radical (unpaired) electrons. The Morgan fingerprint density at radius 2 is 1.71 bits per heavy atom. The van der Waals surface area contributed by atoms with Gasteiger partial charge in [-0.25, -0.2) is 14.2 Å². The molecule has 1 N–H and O–H groups in total. The number of ether oxygens (including phenoxy) is 4. The van der Waals surface area contributed by atoms with Crippen molar-refractivity contribution < 1.29 is 46.1 Å². The maximum atomic E-state index is 14.2. The van der Waals surface area contributed by atoms with Crippen LogP contribution in [0, 0.1) is 5.82 Å². The zero-order valence-electron chi connectivity index (χ0n) is 17.9. The van der Waals surface area contributed by atoms with E-state index >= 15 is 0 Å². The highest BCUT2D eigenvalue weighted by Gasteiger charge is 2.31. The molecule has 0 aliphatic heterocycles. The minimum Gasteiger partial charge on any atom is -0.493 e. The van der Waals surface area contributed by atoms with Crippen molar-refractivity contribution in [2.75, 3.05) is 19.5 Å². The lowest BCUT2D eigenvalue weighted by Gasteiger charge is -2.16. The first-order valence-corrected chi connectivity index (χ1v) is 9.85. The number of alkyl halides is 3. The van der Waals surface area contributed by atoms with Crippen molar-refractivity contribution in [3.8, 4) is 23.0 Å². The Hall–Kier alpha value is -4.06. The average Bonchev–Trinajstić information content (AvgIpc) is 2.81. The van der Waals surface area contributed by atoms with Gasteiger partial charge in [0.15, 0.2) is 11.5 Å². The van der Waals surface area contributed by atoms with Crippen molar-refractivity contribution in [2.24, 2.45) is 0 Å². The van der Waals surface area contributed by atoms with Crippen molar-refractivity contribution in [1.29, 1.82) is 0 Å². The molecule has 13 heteroatoms. The molecule has 35 heavy (non-hydrogen) atoms. The van der Waals surface area contributed by atoms with Crippen molar-refractivity contribution in [2.45, 2.75) is 6.36 Å². The highest BCUT2D eigenvalue weighted by atomic mass is 35.5. The smallest absolute Gasteiger partial charge is 0.493 e. The Morgan fingerprint density at radius 1 is 1.00 bits per heavy atom. The molecule has 0 saturated carbocycles. The number of aromatic nitrogens is 1. The predicted molar refractivity (Wildman–Crippen MR) is 115 cm³/mol. The molecule has 2 aromatic carbocycles. The Bertz CT molecular complexity index is 1270. The van der Waals surface area contributed by atoms with E-state index in [1.807, 2.05) is 0 Å². The monoisotopic (exact) mass is 514 g/mol. The van der Waals surface area contributed by atoms with Crippen LogP contribution >= 0.6 is 11.6 Å². The number of hydrogen-bond donors (Lipinski definition) is 1. The molecule has 0 fully saturated rings. The van der Waals surface area contributed by atoms with Gasteiger partial charge in [0, 0.05) is 18.0 Å². The molecule has 0 atom stereocenters. The van der Waals surface area contributed by atoms with Gasteiger partial charge in [0.2, 0.25) is 0 Å². The molecule has 8 nitrogen and oxygen atoms in total. The highest BCUT2D eigenvalue weighted by molar-refractivity contribution is 6.35. The van der Waals surface area contributed by atoms with Gasteiger partial charge in [-0.15, -0.1) is 13.2 Å². The Kier molecular flexibility index (Phi) is 7.65. The Balaban J connectivity index is 1.94. The number of carbonyl (C=O) groups excluding carboxylic acids is 2. The molecule has 0 unspecified atom stereocenters. The number of anilines is 1. The average molecular weight is 515 g/mol. The van der Waals surface area contributed by atoms with Gasteiger partial charge in [-0.2, -0.15) is 0 Å². The van der Waals surface area contributed by atoms with E-state index in [1.165, 1.54) is 25.4 Å². The SMILES string of the molecule is COC(=O)c1cc(NC(=O)c2c(Oc3ccc(OC(F)(F)F)cc3OC)ccc(F)c2Cl)ccn1. The summed E-state index contributed by atoms with van der Waals surface area (Å²) >= 11 is 6.02. The fraction of sp³-hybridized carbons (Fsp3) is 0.136. The van der Waals surface area contributed by atoms with Crippen LogP contribution in [0.5, 0.6) is 23.0 Å². The fourth-order valence-corrected chi connectivity index (χ4v) is 3.04. The first-order chi connectivity index (χ1) is 16.5. The number of rotatable bonds is 7. The van der Waals surface area contributed by atoms with Crippen molar-refractivity contribution in [1.82, 2.24) is 4.98 Å². The van der Waals surface area contributed by atoms with Crippen LogP contribution in [0.3, 0.4) is 0 Å². The van der Waals surface area contributed by atoms with E-state index in [4.69, 9.17) is 21.1 Å². The second-order valence-electron chi connectivity index (χ2n) is 6.57. The lowest BCUT2D eigenvalue weighted by Crippen LogP contribution is -2.17. The van der Waals surface area contributed by atoms with Gasteiger partial charge in [-0.3, -0.25) is 4.79 Å². The molecule has 0 saturated heterocycles. The van der Waals surface area contributed by atoms with Crippen LogP contribution in [0.15, 0.2) is 48.7 Å². The van der Waals surface area contributed by atoms with E-state index in [9.17, 15) is 27.2 Å². The number of nitrogens with one attached hydrogen (secondary N) is 1. The maximum absolute atomic E-state index is 14.2. The third-order valence-corrected chi connectivity index (χ3v) is 4.65. The third-order valence-electron chi connectivity index (χ3n) is 4.28. The maximum Gasteiger partial charge on any atom is 0.573 e. The molecule has 1 amide bonds. The number of esters is 1. The number of hydrogen-bond acceptors (Lipinski definition) is 7. The van der Waals surface area contributed by atoms with Crippen molar-refractivity contribution in [3.63, 3.8) is 0 Å². The standard InChI is InChI=1S/C22H15ClF4N2O6/c1-32-17-10-12(35-22(25,26)27)3-5-15(17)34-16-6-4-13(24)19(23)18(16)20(30)29-11-7-8-28-14(9-11)21(31)33-2/h3-10H,1-2H3,(H,28,29,30). The predicted octanol–water partition coefficient (Wildman–Crippen LogP) is 5.61. The summed E-state index contributed by atoms with van der Waals surface area (Å²) in [5.74, 6) is -3.70. The molecule has 3 rings (SSSR count). The number of halogens is 5. The van der Waals surface area contributed by atoms with Gasteiger partial charge in [0.1, 0.15) is 28.6 Å². The summed E-state index contributed by atoms with van der Waals surface area (Å²) in [5, 5.41) is 1.86. The number of methoxy groups -OCH3 is 2. The van der Waals surface area contributed by atoms with Gasteiger partial charge in [-0.1, -0.05) is 11.6 Å².